The highest BCUT2D eigenvalue weighted by Gasteiger charge is 2.30. The average molecular weight is 384 g/mol. The molecule has 0 saturated carbocycles. The molecule has 4 rings (SSSR count). The molecule has 0 radical (unpaired) electrons. The third-order valence-corrected chi connectivity index (χ3v) is 4.66. The Labute approximate surface area is 160 Å². The van der Waals surface area contributed by atoms with Gasteiger partial charge in [-0.1, -0.05) is 31.2 Å². The fraction of sp³-hybridized carbons (Fsp3) is 0.238. The molecule has 0 amide bonds. The molecule has 0 fully saturated rings. The lowest BCUT2D eigenvalue weighted by atomic mass is 10.1. The van der Waals surface area contributed by atoms with Gasteiger partial charge >= 0.3 is 6.18 Å². The molecule has 0 bridgehead atoms. The van der Waals surface area contributed by atoms with E-state index in [1.165, 1.54) is 6.07 Å². The lowest BCUT2D eigenvalue weighted by Crippen LogP contribution is -2.10. The van der Waals surface area contributed by atoms with Gasteiger partial charge in [0.05, 0.1) is 23.1 Å². The minimum atomic E-state index is -4.39. The van der Waals surface area contributed by atoms with Crippen LogP contribution in [0.3, 0.4) is 0 Å². The third-order valence-electron chi connectivity index (χ3n) is 4.66. The van der Waals surface area contributed by atoms with E-state index in [9.17, 15) is 13.2 Å². The van der Waals surface area contributed by atoms with Crippen LogP contribution in [0.25, 0.3) is 22.4 Å². The average Bonchev–Trinajstić information content (AvgIpc) is 3.27. The van der Waals surface area contributed by atoms with Crippen molar-refractivity contribution in [2.24, 2.45) is 0 Å². The molecule has 28 heavy (non-hydrogen) atoms. The van der Waals surface area contributed by atoms with E-state index in [0.717, 1.165) is 42.0 Å². The molecule has 4 nitrogen and oxygen atoms in total. The maximum absolute atomic E-state index is 13.1. The van der Waals surface area contributed by atoms with Crippen LogP contribution in [0, 0.1) is 0 Å². The molecule has 2 aromatic heterocycles. The molecule has 0 unspecified atom stereocenters. The Morgan fingerprint density at radius 2 is 1.86 bits per heavy atom. The fourth-order valence-corrected chi connectivity index (χ4v) is 3.40. The number of fused-ring (bicyclic) bond motifs is 1. The summed E-state index contributed by atoms with van der Waals surface area (Å²) in [5.74, 6) is 1.34. The lowest BCUT2D eigenvalue weighted by molar-refractivity contribution is -0.137. The van der Waals surface area contributed by atoms with E-state index in [-0.39, 0.29) is 0 Å². The van der Waals surface area contributed by atoms with Crippen molar-refractivity contribution in [3.8, 4) is 11.4 Å². The first-order valence-corrected chi connectivity index (χ1v) is 9.10. The number of aryl methyl sites for hydroxylation is 1. The minimum Gasteiger partial charge on any atom is -0.326 e. The third kappa shape index (κ3) is 3.40. The minimum absolute atomic E-state index is 0.429. The summed E-state index contributed by atoms with van der Waals surface area (Å²) in [6, 6.07) is 13.2. The molecule has 0 atom stereocenters. The van der Waals surface area contributed by atoms with E-state index in [1.54, 1.807) is 18.5 Å². The van der Waals surface area contributed by atoms with E-state index in [1.807, 2.05) is 28.8 Å². The van der Waals surface area contributed by atoms with Crippen molar-refractivity contribution in [2.45, 2.75) is 32.6 Å². The van der Waals surface area contributed by atoms with E-state index in [4.69, 9.17) is 4.98 Å². The topological polar surface area (TPSA) is 35.6 Å². The zero-order valence-corrected chi connectivity index (χ0v) is 15.3. The Hall–Kier alpha value is -3.09. The van der Waals surface area contributed by atoms with Crippen LogP contribution < -0.4 is 0 Å². The summed E-state index contributed by atoms with van der Waals surface area (Å²) in [7, 11) is 0. The SMILES string of the molecule is CCCn1c(Cn2ccnc2-c2cccc(C(F)(F)F)c2)nc2ccccc21. The summed E-state index contributed by atoms with van der Waals surface area (Å²) in [5, 5.41) is 0. The van der Waals surface area contributed by atoms with Gasteiger partial charge in [-0.2, -0.15) is 13.2 Å². The number of aromatic nitrogens is 4. The Morgan fingerprint density at radius 1 is 1.04 bits per heavy atom. The van der Waals surface area contributed by atoms with Gasteiger partial charge in [0.25, 0.3) is 0 Å². The van der Waals surface area contributed by atoms with Crippen molar-refractivity contribution >= 4 is 11.0 Å². The van der Waals surface area contributed by atoms with E-state index in [0.29, 0.717) is 17.9 Å². The smallest absolute Gasteiger partial charge is 0.326 e. The number of hydrogen-bond donors (Lipinski definition) is 0. The molecular weight excluding hydrogens is 365 g/mol. The van der Waals surface area contributed by atoms with E-state index in [2.05, 4.69) is 16.5 Å². The van der Waals surface area contributed by atoms with Crippen molar-refractivity contribution in [3.05, 3.63) is 72.3 Å². The number of hydrogen-bond acceptors (Lipinski definition) is 2. The highest BCUT2D eigenvalue weighted by molar-refractivity contribution is 5.76. The molecule has 0 saturated heterocycles. The molecular formula is C21H19F3N4. The molecule has 4 aromatic rings. The summed E-state index contributed by atoms with van der Waals surface area (Å²) in [6.07, 6.45) is -0.0616. The lowest BCUT2D eigenvalue weighted by Gasteiger charge is -2.12. The van der Waals surface area contributed by atoms with Gasteiger partial charge in [-0.15, -0.1) is 0 Å². The molecule has 0 aliphatic heterocycles. The van der Waals surface area contributed by atoms with Gasteiger partial charge in [-0.05, 0) is 30.7 Å². The second kappa shape index (κ2) is 7.14. The van der Waals surface area contributed by atoms with Gasteiger partial charge in [0.15, 0.2) is 0 Å². The summed E-state index contributed by atoms with van der Waals surface area (Å²) < 4.78 is 43.2. The predicted molar refractivity (Wildman–Crippen MR) is 102 cm³/mol. The summed E-state index contributed by atoms with van der Waals surface area (Å²) in [4.78, 5) is 9.03. The monoisotopic (exact) mass is 384 g/mol. The second-order valence-corrected chi connectivity index (χ2v) is 6.63. The Bertz CT molecular complexity index is 1110. The van der Waals surface area contributed by atoms with Crippen LogP contribution in [0.5, 0.6) is 0 Å². The number of nitrogens with zero attached hydrogens (tertiary/aromatic N) is 4. The number of para-hydroxylation sites is 2. The highest BCUT2D eigenvalue weighted by atomic mass is 19.4. The van der Waals surface area contributed by atoms with Gasteiger partial charge < -0.3 is 9.13 Å². The van der Waals surface area contributed by atoms with Crippen molar-refractivity contribution in [2.75, 3.05) is 0 Å². The first-order chi connectivity index (χ1) is 13.5. The van der Waals surface area contributed by atoms with Crippen LogP contribution in [0.4, 0.5) is 13.2 Å². The van der Waals surface area contributed by atoms with Crippen LogP contribution in [-0.2, 0) is 19.3 Å². The predicted octanol–water partition coefficient (Wildman–Crippen LogP) is 5.38. The maximum atomic E-state index is 13.1. The summed E-state index contributed by atoms with van der Waals surface area (Å²) in [6.45, 7) is 3.35. The van der Waals surface area contributed by atoms with Gasteiger partial charge in [0.1, 0.15) is 11.6 Å². The molecule has 0 spiro atoms. The molecule has 144 valence electrons. The summed E-state index contributed by atoms with van der Waals surface area (Å²) >= 11 is 0. The number of rotatable bonds is 5. The number of imidazole rings is 2. The van der Waals surface area contributed by atoms with Crippen molar-refractivity contribution < 1.29 is 13.2 Å². The zero-order valence-electron chi connectivity index (χ0n) is 15.3. The molecule has 2 aromatic carbocycles. The Balaban J connectivity index is 1.74. The largest absolute Gasteiger partial charge is 0.416 e. The first kappa shape index (κ1) is 18.3. The number of halogens is 3. The summed E-state index contributed by atoms with van der Waals surface area (Å²) in [5.41, 5.74) is 1.71. The molecule has 7 heteroatoms. The molecule has 0 aliphatic rings. The van der Waals surface area contributed by atoms with Crippen LogP contribution in [-0.4, -0.2) is 19.1 Å². The number of benzene rings is 2. The van der Waals surface area contributed by atoms with Crippen LogP contribution in [0.15, 0.2) is 60.9 Å². The van der Waals surface area contributed by atoms with Crippen molar-refractivity contribution in [1.82, 2.24) is 19.1 Å². The molecule has 2 heterocycles. The van der Waals surface area contributed by atoms with Gasteiger partial charge in [0.2, 0.25) is 0 Å². The van der Waals surface area contributed by atoms with E-state index >= 15 is 0 Å². The molecule has 0 N–H and O–H groups in total. The van der Waals surface area contributed by atoms with Gasteiger partial charge in [0, 0.05) is 24.5 Å². The normalized spacial score (nSPS) is 12.0. The highest BCUT2D eigenvalue weighted by Crippen LogP contribution is 2.32. The molecule has 0 aliphatic carbocycles. The Kier molecular flexibility index (Phi) is 4.66. The first-order valence-electron chi connectivity index (χ1n) is 9.10. The number of alkyl halides is 3. The van der Waals surface area contributed by atoms with Crippen molar-refractivity contribution in [3.63, 3.8) is 0 Å². The fourth-order valence-electron chi connectivity index (χ4n) is 3.40. The maximum Gasteiger partial charge on any atom is 0.416 e. The van der Waals surface area contributed by atoms with Crippen LogP contribution in [0.2, 0.25) is 0 Å². The quantitative estimate of drug-likeness (QED) is 0.463. The van der Waals surface area contributed by atoms with Crippen LogP contribution in [0.1, 0.15) is 24.7 Å². The van der Waals surface area contributed by atoms with Gasteiger partial charge in [-0.3, -0.25) is 0 Å². The zero-order chi connectivity index (χ0) is 19.7. The van der Waals surface area contributed by atoms with Crippen molar-refractivity contribution in [1.29, 1.82) is 0 Å². The standard InChI is InChI=1S/C21H19F3N4/c1-2-11-28-18-9-4-3-8-17(18)26-19(28)14-27-12-10-25-20(27)15-6-5-7-16(13-15)21(22,23)24/h3-10,12-13H,2,11,14H2,1H3. The Morgan fingerprint density at radius 3 is 2.64 bits per heavy atom. The van der Waals surface area contributed by atoms with E-state index < -0.39 is 11.7 Å². The second-order valence-electron chi connectivity index (χ2n) is 6.63. The van der Waals surface area contributed by atoms with Gasteiger partial charge in [-0.25, -0.2) is 9.97 Å². The van der Waals surface area contributed by atoms with Crippen LogP contribution >= 0.6 is 0 Å².